The summed E-state index contributed by atoms with van der Waals surface area (Å²) in [4.78, 5) is 22.8. The molecule has 0 aromatic heterocycles. The predicted octanol–water partition coefficient (Wildman–Crippen LogP) is 2.63. The minimum Gasteiger partial charge on any atom is -0.481 e. The molecule has 0 aromatic rings. The van der Waals surface area contributed by atoms with Gasteiger partial charge in [-0.25, -0.2) is 0 Å². The van der Waals surface area contributed by atoms with Crippen LogP contribution in [0.1, 0.15) is 53.4 Å². The quantitative estimate of drug-likeness (QED) is 0.356. The van der Waals surface area contributed by atoms with Crippen molar-refractivity contribution in [2.24, 2.45) is 5.92 Å². The first-order chi connectivity index (χ1) is 8.89. The zero-order valence-electron chi connectivity index (χ0n) is 12.4. The maximum absolute atomic E-state index is 11.6. The van der Waals surface area contributed by atoms with E-state index < -0.39 is 23.5 Å². The first-order valence-electron chi connectivity index (χ1n) is 6.90. The molecule has 1 unspecified atom stereocenters. The smallest absolute Gasteiger partial charge is 0.319 e. The summed E-state index contributed by atoms with van der Waals surface area (Å²) in [6.45, 7) is 7.59. The lowest BCUT2D eigenvalue weighted by Crippen LogP contribution is -2.48. The molecular weight excluding hydrogens is 248 g/mol. The zero-order chi connectivity index (χ0) is 14.9. The number of hydrogen-bond donors (Lipinski definition) is 1. The number of Topliss-reactive ketones (excluding diaryl/α,β-unsaturated/α-hetero) is 1. The highest BCUT2D eigenvalue weighted by molar-refractivity contribution is 5.98. The van der Waals surface area contributed by atoms with Gasteiger partial charge in [0.2, 0.25) is 0 Å². The van der Waals surface area contributed by atoms with Crippen LogP contribution in [0.4, 0.5) is 0 Å². The Kier molecular flexibility index (Phi) is 8.59. The molecule has 0 radical (unpaired) electrons. The van der Waals surface area contributed by atoms with E-state index in [1.165, 1.54) is 6.92 Å². The van der Waals surface area contributed by atoms with Gasteiger partial charge in [0.15, 0.2) is 11.7 Å². The molecule has 0 fully saturated rings. The fourth-order valence-electron chi connectivity index (χ4n) is 1.81. The van der Waals surface area contributed by atoms with Crippen molar-refractivity contribution in [1.29, 1.82) is 0 Å². The molecule has 0 saturated heterocycles. The summed E-state index contributed by atoms with van der Waals surface area (Å²) in [6.07, 6.45) is 3.47. The third kappa shape index (κ3) is 6.16. The SMILES string of the molecule is CCCCOC(C)(OCCCC)C(C(C)=O)C(=O)O. The van der Waals surface area contributed by atoms with Gasteiger partial charge in [0.25, 0.3) is 0 Å². The van der Waals surface area contributed by atoms with Crippen molar-refractivity contribution >= 4 is 11.8 Å². The number of carbonyl (C=O) groups is 2. The zero-order valence-corrected chi connectivity index (χ0v) is 12.4. The monoisotopic (exact) mass is 274 g/mol. The van der Waals surface area contributed by atoms with Gasteiger partial charge in [-0.15, -0.1) is 0 Å². The maximum Gasteiger partial charge on any atom is 0.319 e. The first kappa shape index (κ1) is 18.1. The Bertz CT molecular complexity index is 264. The number of carboxylic acids is 1. The van der Waals surface area contributed by atoms with Crippen LogP contribution in [-0.2, 0) is 19.1 Å². The lowest BCUT2D eigenvalue weighted by atomic mass is 9.95. The molecule has 0 heterocycles. The normalized spacial score (nSPS) is 13.3. The average Bonchev–Trinajstić information content (AvgIpc) is 2.28. The Morgan fingerprint density at radius 3 is 1.79 bits per heavy atom. The van der Waals surface area contributed by atoms with Crippen molar-refractivity contribution in [1.82, 2.24) is 0 Å². The third-order valence-corrected chi connectivity index (χ3v) is 2.95. The number of carbonyl (C=O) groups excluding carboxylic acids is 1. The number of hydrogen-bond acceptors (Lipinski definition) is 4. The molecule has 112 valence electrons. The van der Waals surface area contributed by atoms with E-state index in [2.05, 4.69) is 0 Å². The Balaban J connectivity index is 4.87. The molecule has 0 amide bonds. The highest BCUT2D eigenvalue weighted by Crippen LogP contribution is 2.26. The Hall–Kier alpha value is -0.940. The summed E-state index contributed by atoms with van der Waals surface area (Å²) >= 11 is 0. The van der Waals surface area contributed by atoms with E-state index in [1.54, 1.807) is 6.92 Å². The van der Waals surface area contributed by atoms with Crippen LogP contribution in [0.3, 0.4) is 0 Å². The van der Waals surface area contributed by atoms with Crippen LogP contribution in [0.25, 0.3) is 0 Å². The number of ketones is 1. The van der Waals surface area contributed by atoms with Gasteiger partial charge in [0, 0.05) is 0 Å². The van der Waals surface area contributed by atoms with E-state index in [4.69, 9.17) is 9.47 Å². The number of rotatable bonds is 11. The van der Waals surface area contributed by atoms with Gasteiger partial charge in [-0.05, 0) is 26.7 Å². The van der Waals surface area contributed by atoms with Gasteiger partial charge in [0.1, 0.15) is 5.78 Å². The van der Waals surface area contributed by atoms with Gasteiger partial charge in [-0.3, -0.25) is 9.59 Å². The predicted molar refractivity (Wildman–Crippen MR) is 71.9 cm³/mol. The Morgan fingerprint density at radius 2 is 1.53 bits per heavy atom. The molecule has 0 rings (SSSR count). The standard InChI is InChI=1S/C14H26O5/c1-5-7-9-18-14(4,19-10-8-6-2)12(11(3)15)13(16)17/h12H,5-10H2,1-4H3,(H,16,17). The Labute approximate surface area is 115 Å². The lowest BCUT2D eigenvalue weighted by molar-refractivity contribution is -0.252. The molecule has 0 spiro atoms. The van der Waals surface area contributed by atoms with Gasteiger partial charge in [-0.2, -0.15) is 0 Å². The molecule has 19 heavy (non-hydrogen) atoms. The van der Waals surface area contributed by atoms with Crippen molar-refractivity contribution in [3.05, 3.63) is 0 Å². The molecule has 0 aliphatic carbocycles. The van der Waals surface area contributed by atoms with Crippen LogP contribution < -0.4 is 0 Å². The summed E-state index contributed by atoms with van der Waals surface area (Å²) in [5.74, 6) is -4.34. The lowest BCUT2D eigenvalue weighted by Gasteiger charge is -2.34. The van der Waals surface area contributed by atoms with Gasteiger partial charge in [0.05, 0.1) is 13.2 Å². The Morgan fingerprint density at radius 1 is 1.11 bits per heavy atom. The summed E-state index contributed by atoms with van der Waals surface area (Å²) < 4.78 is 11.2. The van der Waals surface area contributed by atoms with Crippen LogP contribution in [0, 0.1) is 5.92 Å². The highest BCUT2D eigenvalue weighted by Gasteiger charge is 2.44. The molecule has 1 N–H and O–H groups in total. The van der Waals surface area contributed by atoms with Crippen molar-refractivity contribution in [2.75, 3.05) is 13.2 Å². The summed E-state index contributed by atoms with van der Waals surface area (Å²) in [5, 5.41) is 9.21. The van der Waals surface area contributed by atoms with E-state index in [0.29, 0.717) is 13.2 Å². The number of unbranched alkanes of at least 4 members (excludes halogenated alkanes) is 2. The van der Waals surface area contributed by atoms with Crippen LogP contribution in [0.5, 0.6) is 0 Å². The molecule has 0 aliphatic heterocycles. The van der Waals surface area contributed by atoms with E-state index >= 15 is 0 Å². The third-order valence-electron chi connectivity index (χ3n) is 2.95. The van der Waals surface area contributed by atoms with E-state index in [9.17, 15) is 14.7 Å². The minimum absolute atomic E-state index is 0.385. The number of carboxylic acid groups (broad SMARTS) is 1. The second-order valence-electron chi connectivity index (χ2n) is 4.80. The molecule has 5 heteroatoms. The fourth-order valence-corrected chi connectivity index (χ4v) is 1.81. The highest BCUT2D eigenvalue weighted by atomic mass is 16.7. The molecule has 0 saturated carbocycles. The molecular formula is C14H26O5. The van der Waals surface area contributed by atoms with Crippen molar-refractivity contribution in [3.63, 3.8) is 0 Å². The van der Waals surface area contributed by atoms with Crippen molar-refractivity contribution in [2.45, 2.75) is 59.2 Å². The van der Waals surface area contributed by atoms with Crippen LogP contribution >= 0.6 is 0 Å². The largest absolute Gasteiger partial charge is 0.481 e. The average molecular weight is 274 g/mol. The van der Waals surface area contributed by atoms with Crippen molar-refractivity contribution < 1.29 is 24.2 Å². The molecule has 0 aromatic carbocycles. The summed E-state index contributed by atoms with van der Waals surface area (Å²) in [7, 11) is 0. The van der Waals surface area contributed by atoms with Crippen LogP contribution in [0.15, 0.2) is 0 Å². The maximum atomic E-state index is 11.6. The first-order valence-corrected chi connectivity index (χ1v) is 6.90. The molecule has 0 bridgehead atoms. The van der Waals surface area contributed by atoms with E-state index in [-0.39, 0.29) is 0 Å². The second-order valence-corrected chi connectivity index (χ2v) is 4.80. The van der Waals surface area contributed by atoms with Crippen LogP contribution in [-0.4, -0.2) is 35.9 Å². The van der Waals surface area contributed by atoms with Crippen molar-refractivity contribution in [3.8, 4) is 0 Å². The number of aliphatic carboxylic acids is 1. The van der Waals surface area contributed by atoms with E-state index in [0.717, 1.165) is 25.7 Å². The fraction of sp³-hybridized carbons (Fsp3) is 0.857. The number of ether oxygens (including phenoxy) is 2. The van der Waals surface area contributed by atoms with Gasteiger partial charge < -0.3 is 14.6 Å². The topological polar surface area (TPSA) is 72.8 Å². The van der Waals surface area contributed by atoms with Gasteiger partial charge in [-0.1, -0.05) is 26.7 Å². The second kappa shape index (κ2) is 9.04. The van der Waals surface area contributed by atoms with E-state index in [1.807, 2.05) is 13.8 Å². The van der Waals surface area contributed by atoms with Gasteiger partial charge >= 0.3 is 5.97 Å². The van der Waals surface area contributed by atoms with Crippen LogP contribution in [0.2, 0.25) is 0 Å². The summed E-state index contributed by atoms with van der Waals surface area (Å²) in [5.41, 5.74) is 0. The summed E-state index contributed by atoms with van der Waals surface area (Å²) in [6, 6.07) is 0. The molecule has 5 nitrogen and oxygen atoms in total. The molecule has 1 atom stereocenters. The molecule has 0 aliphatic rings. The minimum atomic E-state index is -1.39.